The minimum atomic E-state index is -0.347. The largest absolute Gasteiger partial charge is 0.457 e. The number of rotatable bonds is 9. The van der Waals surface area contributed by atoms with Gasteiger partial charge in [-0.1, -0.05) is 26.8 Å². The van der Waals surface area contributed by atoms with Crippen LogP contribution in [0.5, 0.6) is 11.5 Å². The number of halogens is 1. The number of β-amino-alcohol motifs (C(OH)–C–C–N with tert-alkyl or cyclic N) is 1. The molecule has 3 N–H and O–H groups in total. The van der Waals surface area contributed by atoms with Gasteiger partial charge >= 0.3 is 0 Å². The van der Waals surface area contributed by atoms with E-state index in [1.807, 2.05) is 35.9 Å². The first-order chi connectivity index (χ1) is 20.1. The summed E-state index contributed by atoms with van der Waals surface area (Å²) >= 11 is 0. The number of aryl methyl sites for hydroxylation is 1. The minimum absolute atomic E-state index is 0.116. The molecule has 3 heterocycles. The normalized spacial score (nSPS) is 14.7. The van der Waals surface area contributed by atoms with Crippen molar-refractivity contribution in [1.29, 1.82) is 0 Å². The number of benzene rings is 2. The van der Waals surface area contributed by atoms with Gasteiger partial charge in [-0.15, -0.1) is 0 Å². The molecule has 0 bridgehead atoms. The third-order valence-electron chi connectivity index (χ3n) is 7.41. The van der Waals surface area contributed by atoms with Crippen LogP contribution in [0.1, 0.15) is 26.3 Å². The molecule has 5 rings (SSSR count). The Balaban J connectivity index is 1.24. The highest BCUT2D eigenvalue weighted by atomic mass is 19.1. The van der Waals surface area contributed by atoms with E-state index in [1.54, 1.807) is 24.4 Å². The van der Waals surface area contributed by atoms with Crippen molar-refractivity contribution in [3.63, 3.8) is 0 Å². The van der Waals surface area contributed by atoms with Crippen LogP contribution in [-0.4, -0.2) is 81.2 Å². The number of carbonyl (C=O) groups excluding carboxylic acids is 1. The summed E-state index contributed by atoms with van der Waals surface area (Å²) < 4.78 is 22.6. The molecule has 2 aromatic carbocycles. The van der Waals surface area contributed by atoms with Crippen molar-refractivity contribution in [2.24, 2.45) is 7.05 Å². The Hall–Kier alpha value is -4.06. The molecule has 42 heavy (non-hydrogen) atoms. The monoisotopic (exact) mass is 575 g/mol. The molecule has 1 saturated heterocycles. The summed E-state index contributed by atoms with van der Waals surface area (Å²) in [5.74, 6) is 1.51. The molecule has 0 spiro atoms. The summed E-state index contributed by atoms with van der Waals surface area (Å²) in [7, 11) is 1.87. The lowest BCUT2D eigenvalue weighted by atomic mass is 9.87. The zero-order valence-corrected chi connectivity index (χ0v) is 24.5. The van der Waals surface area contributed by atoms with Crippen LogP contribution in [0.25, 0.3) is 11.0 Å². The lowest BCUT2D eigenvalue weighted by Gasteiger charge is -2.33. The number of imidazole rings is 1. The Morgan fingerprint density at radius 2 is 1.76 bits per heavy atom. The van der Waals surface area contributed by atoms with E-state index in [2.05, 4.69) is 51.2 Å². The summed E-state index contributed by atoms with van der Waals surface area (Å²) in [5.41, 5.74) is 2.82. The second-order valence-electron chi connectivity index (χ2n) is 11.6. The Morgan fingerprint density at radius 3 is 2.50 bits per heavy atom. The van der Waals surface area contributed by atoms with Crippen molar-refractivity contribution < 1.29 is 19.0 Å². The number of aliphatic hydroxyl groups excluding tert-OH is 1. The molecular weight excluding hydrogens is 537 g/mol. The maximum Gasteiger partial charge on any atom is 0.239 e. The molecule has 222 valence electrons. The number of fused-ring (bicyclic) bond motifs is 1. The van der Waals surface area contributed by atoms with Gasteiger partial charge in [-0.2, -0.15) is 0 Å². The van der Waals surface area contributed by atoms with Crippen molar-refractivity contribution in [3.05, 3.63) is 66.1 Å². The number of ether oxygens (including phenoxy) is 1. The number of aliphatic hydroxyl groups is 1. The molecule has 0 radical (unpaired) electrons. The summed E-state index contributed by atoms with van der Waals surface area (Å²) in [5, 5.41) is 15.1. The Labute approximate surface area is 245 Å². The highest BCUT2D eigenvalue weighted by Crippen LogP contribution is 2.31. The van der Waals surface area contributed by atoms with Crippen LogP contribution in [0.4, 0.5) is 21.8 Å². The van der Waals surface area contributed by atoms with Crippen molar-refractivity contribution in [1.82, 2.24) is 24.3 Å². The third kappa shape index (κ3) is 7.04. The van der Waals surface area contributed by atoms with E-state index in [9.17, 15) is 9.18 Å². The van der Waals surface area contributed by atoms with Crippen LogP contribution in [0.15, 0.2) is 54.7 Å². The Morgan fingerprint density at radius 1 is 1.02 bits per heavy atom. The first-order valence-corrected chi connectivity index (χ1v) is 14.1. The third-order valence-corrected chi connectivity index (χ3v) is 7.41. The van der Waals surface area contributed by atoms with Gasteiger partial charge in [0.2, 0.25) is 11.9 Å². The van der Waals surface area contributed by atoms with E-state index in [4.69, 9.17) is 9.84 Å². The van der Waals surface area contributed by atoms with Crippen LogP contribution < -0.4 is 15.4 Å². The van der Waals surface area contributed by atoms with Crippen molar-refractivity contribution in [2.75, 3.05) is 56.5 Å². The van der Waals surface area contributed by atoms with E-state index in [1.165, 1.54) is 6.07 Å². The summed E-state index contributed by atoms with van der Waals surface area (Å²) in [6.45, 7) is 10.5. The van der Waals surface area contributed by atoms with Crippen LogP contribution in [0, 0.1) is 5.82 Å². The zero-order valence-electron chi connectivity index (χ0n) is 24.5. The molecule has 1 fully saturated rings. The minimum Gasteiger partial charge on any atom is -0.457 e. The summed E-state index contributed by atoms with van der Waals surface area (Å²) in [6.07, 6.45) is 1.58. The van der Waals surface area contributed by atoms with Crippen molar-refractivity contribution in [3.8, 4) is 11.5 Å². The average Bonchev–Trinajstić information content (AvgIpc) is 3.24. The van der Waals surface area contributed by atoms with E-state index >= 15 is 0 Å². The van der Waals surface area contributed by atoms with E-state index in [0.717, 1.165) is 37.3 Å². The number of carbonyl (C=O) groups is 1. The number of nitrogens with zero attached hydrogens (tertiary/aromatic N) is 5. The fraction of sp³-hybridized carbons (Fsp3) is 0.387. The van der Waals surface area contributed by atoms with E-state index < -0.39 is 0 Å². The predicted octanol–water partition coefficient (Wildman–Crippen LogP) is 4.49. The smallest absolute Gasteiger partial charge is 0.239 e. The summed E-state index contributed by atoms with van der Waals surface area (Å²) in [6, 6.07) is 14.0. The maximum atomic E-state index is 14.6. The molecule has 0 aliphatic carbocycles. The van der Waals surface area contributed by atoms with Crippen molar-refractivity contribution >= 4 is 34.4 Å². The zero-order chi connectivity index (χ0) is 29.9. The highest BCUT2D eigenvalue weighted by molar-refractivity contribution is 5.91. The van der Waals surface area contributed by atoms with Gasteiger partial charge in [0, 0.05) is 58.1 Å². The molecule has 0 atom stereocenters. The standard InChI is InChI=1S/C31H38FN7O3/c1-31(2,3)21-5-7-24(32)25(17-21)34-30-35-26-18-22(6-8-27(26)37(30)4)42-23-9-10-33-28(19-23)36-29(41)20-39-13-11-38(12-14-39)15-16-40/h5-10,17-19,40H,11-16,20H2,1-4H3,(H,34,35)(H,33,36,41). The molecule has 1 amide bonds. The second kappa shape index (κ2) is 12.4. The summed E-state index contributed by atoms with van der Waals surface area (Å²) in [4.78, 5) is 25.8. The average molecular weight is 576 g/mol. The van der Waals surface area contributed by atoms with Gasteiger partial charge in [-0.05, 0) is 41.3 Å². The quantitative estimate of drug-likeness (QED) is 0.268. The first-order valence-electron chi connectivity index (χ1n) is 14.1. The number of hydrogen-bond acceptors (Lipinski definition) is 8. The van der Waals surface area contributed by atoms with Gasteiger partial charge in [-0.3, -0.25) is 14.6 Å². The van der Waals surface area contributed by atoms with Crippen LogP contribution in [-0.2, 0) is 17.3 Å². The van der Waals surface area contributed by atoms with Crippen molar-refractivity contribution in [2.45, 2.75) is 26.2 Å². The molecule has 2 aromatic heterocycles. The maximum absolute atomic E-state index is 14.6. The van der Waals surface area contributed by atoms with Gasteiger partial charge < -0.3 is 25.0 Å². The number of aromatic nitrogens is 3. The molecule has 11 heteroatoms. The first kappa shape index (κ1) is 29.4. The van der Waals surface area contributed by atoms with Gasteiger partial charge in [0.05, 0.1) is 29.9 Å². The Kier molecular flexibility index (Phi) is 8.72. The van der Waals surface area contributed by atoms with E-state index in [0.29, 0.717) is 41.0 Å². The van der Waals surface area contributed by atoms with Gasteiger partial charge in [0.25, 0.3) is 0 Å². The second-order valence-corrected chi connectivity index (χ2v) is 11.6. The number of pyridine rings is 1. The van der Waals surface area contributed by atoms with Crippen LogP contribution in [0.2, 0.25) is 0 Å². The van der Waals surface area contributed by atoms with Gasteiger partial charge in [0.1, 0.15) is 23.1 Å². The van der Waals surface area contributed by atoms with Crippen LogP contribution >= 0.6 is 0 Å². The number of piperazine rings is 1. The molecule has 1 aliphatic rings. The number of hydrogen-bond donors (Lipinski definition) is 3. The lowest BCUT2D eigenvalue weighted by Crippen LogP contribution is -2.49. The molecular formula is C31H38FN7O3. The van der Waals surface area contributed by atoms with Gasteiger partial charge in [0.15, 0.2) is 0 Å². The molecule has 10 nitrogen and oxygen atoms in total. The number of anilines is 3. The molecule has 0 saturated carbocycles. The highest BCUT2D eigenvalue weighted by Gasteiger charge is 2.20. The fourth-order valence-electron chi connectivity index (χ4n) is 4.94. The Bertz CT molecular complexity index is 1560. The topological polar surface area (TPSA) is 108 Å². The number of amides is 1. The van der Waals surface area contributed by atoms with Gasteiger partial charge in [-0.25, -0.2) is 14.4 Å². The number of nitrogens with one attached hydrogen (secondary N) is 2. The van der Waals surface area contributed by atoms with Crippen LogP contribution in [0.3, 0.4) is 0 Å². The fourth-order valence-corrected chi connectivity index (χ4v) is 4.94. The lowest BCUT2D eigenvalue weighted by molar-refractivity contribution is -0.117. The SMILES string of the molecule is Cn1c(Nc2cc(C(C)(C)C)ccc2F)nc2cc(Oc3ccnc(NC(=O)CN4CCN(CCO)CC4)c3)ccc21. The molecule has 0 unspecified atom stereocenters. The molecule has 1 aliphatic heterocycles. The molecule has 4 aromatic rings. The van der Waals surface area contributed by atoms with E-state index in [-0.39, 0.29) is 30.3 Å². The predicted molar refractivity (Wildman–Crippen MR) is 162 cm³/mol.